The van der Waals surface area contributed by atoms with Crippen LogP contribution in [0.3, 0.4) is 0 Å². The second-order valence-electron chi connectivity index (χ2n) is 4.43. The number of benzene rings is 1. The Hall–Kier alpha value is -1.43. The molecule has 0 saturated carbocycles. The molecule has 2 unspecified atom stereocenters. The Balaban J connectivity index is 2.73. The molecule has 0 heterocycles. The van der Waals surface area contributed by atoms with Gasteiger partial charge in [0.05, 0.1) is 6.61 Å². The average molecular weight is 266 g/mol. The van der Waals surface area contributed by atoms with Gasteiger partial charge in [-0.3, -0.25) is 10.1 Å². The summed E-state index contributed by atoms with van der Waals surface area (Å²) >= 11 is 0. The zero-order valence-corrected chi connectivity index (χ0v) is 11.2. The standard InChI is InChI=1S/C14H22N2O3/c1-19-10-12(8-5-9-15)16-13(14(17)18)11-6-3-2-4-7-11/h2-4,6-7,12-13,16H,5,8-10,15H2,1H3,(H,17,18). The number of nitrogens with one attached hydrogen (secondary N) is 1. The minimum absolute atomic E-state index is 0.0187. The highest BCUT2D eigenvalue weighted by molar-refractivity contribution is 5.75. The number of rotatable bonds is 9. The number of aliphatic carboxylic acids is 1. The molecule has 1 aromatic rings. The van der Waals surface area contributed by atoms with Gasteiger partial charge in [-0.25, -0.2) is 0 Å². The molecule has 19 heavy (non-hydrogen) atoms. The molecular weight excluding hydrogens is 244 g/mol. The predicted molar refractivity (Wildman–Crippen MR) is 73.9 cm³/mol. The number of carboxylic acids is 1. The molecule has 0 fully saturated rings. The quantitative estimate of drug-likeness (QED) is 0.624. The van der Waals surface area contributed by atoms with Gasteiger partial charge in [-0.1, -0.05) is 30.3 Å². The van der Waals surface area contributed by atoms with Crippen LogP contribution >= 0.6 is 0 Å². The number of carboxylic acid groups (broad SMARTS) is 1. The maximum absolute atomic E-state index is 11.4. The van der Waals surface area contributed by atoms with E-state index in [1.165, 1.54) is 0 Å². The summed E-state index contributed by atoms with van der Waals surface area (Å²) < 4.78 is 5.12. The summed E-state index contributed by atoms with van der Waals surface area (Å²) in [5.41, 5.74) is 6.23. The Kier molecular flexibility index (Phi) is 7.10. The normalized spacial score (nSPS) is 14.0. The number of carbonyl (C=O) groups is 1. The van der Waals surface area contributed by atoms with Crippen molar-refractivity contribution in [3.05, 3.63) is 35.9 Å². The zero-order valence-electron chi connectivity index (χ0n) is 11.2. The van der Waals surface area contributed by atoms with Crippen LogP contribution in [0.25, 0.3) is 0 Å². The van der Waals surface area contributed by atoms with Crippen LogP contribution in [0.2, 0.25) is 0 Å². The molecular formula is C14H22N2O3. The number of nitrogens with two attached hydrogens (primary N) is 1. The summed E-state index contributed by atoms with van der Waals surface area (Å²) in [6, 6.07) is 8.39. The average Bonchev–Trinajstić information content (AvgIpc) is 2.42. The van der Waals surface area contributed by atoms with E-state index in [4.69, 9.17) is 10.5 Å². The van der Waals surface area contributed by atoms with E-state index in [2.05, 4.69) is 5.32 Å². The van der Waals surface area contributed by atoms with E-state index in [0.717, 1.165) is 18.4 Å². The highest BCUT2D eigenvalue weighted by Crippen LogP contribution is 2.15. The first kappa shape index (κ1) is 15.6. The third kappa shape index (κ3) is 5.38. The van der Waals surface area contributed by atoms with Crippen LogP contribution in [0, 0.1) is 0 Å². The molecule has 1 aromatic carbocycles. The van der Waals surface area contributed by atoms with Gasteiger partial charge in [0.1, 0.15) is 6.04 Å². The first-order chi connectivity index (χ1) is 9.19. The van der Waals surface area contributed by atoms with Crippen molar-refractivity contribution in [2.75, 3.05) is 20.3 Å². The van der Waals surface area contributed by atoms with Gasteiger partial charge in [-0.15, -0.1) is 0 Å². The van der Waals surface area contributed by atoms with Crippen LogP contribution < -0.4 is 11.1 Å². The summed E-state index contributed by atoms with van der Waals surface area (Å²) in [6.07, 6.45) is 1.63. The molecule has 0 saturated heterocycles. The lowest BCUT2D eigenvalue weighted by atomic mass is 10.0. The monoisotopic (exact) mass is 266 g/mol. The molecule has 4 N–H and O–H groups in total. The van der Waals surface area contributed by atoms with Gasteiger partial charge < -0.3 is 15.6 Å². The van der Waals surface area contributed by atoms with Crippen LogP contribution in [0.15, 0.2) is 30.3 Å². The maximum Gasteiger partial charge on any atom is 0.325 e. The van der Waals surface area contributed by atoms with E-state index in [9.17, 15) is 9.90 Å². The van der Waals surface area contributed by atoms with E-state index < -0.39 is 12.0 Å². The fraction of sp³-hybridized carbons (Fsp3) is 0.500. The van der Waals surface area contributed by atoms with Crippen LogP contribution in [0.4, 0.5) is 0 Å². The Labute approximate surface area is 113 Å². The van der Waals surface area contributed by atoms with Crippen molar-refractivity contribution < 1.29 is 14.6 Å². The van der Waals surface area contributed by atoms with Gasteiger partial charge >= 0.3 is 5.97 Å². The second kappa shape index (κ2) is 8.63. The highest BCUT2D eigenvalue weighted by Gasteiger charge is 2.22. The molecule has 0 spiro atoms. The SMILES string of the molecule is COCC(CCCN)NC(C(=O)O)c1ccccc1. The van der Waals surface area contributed by atoms with Crippen molar-refractivity contribution in [2.45, 2.75) is 24.9 Å². The Morgan fingerprint density at radius 3 is 2.63 bits per heavy atom. The minimum Gasteiger partial charge on any atom is -0.480 e. The molecule has 0 aliphatic heterocycles. The van der Waals surface area contributed by atoms with Crippen LogP contribution in [0.5, 0.6) is 0 Å². The van der Waals surface area contributed by atoms with Crippen molar-refractivity contribution in [1.29, 1.82) is 0 Å². The molecule has 0 radical (unpaired) electrons. The lowest BCUT2D eigenvalue weighted by molar-refractivity contribution is -0.140. The Bertz CT molecular complexity index is 370. The van der Waals surface area contributed by atoms with Crippen molar-refractivity contribution >= 4 is 5.97 Å². The van der Waals surface area contributed by atoms with Gasteiger partial charge in [0.25, 0.3) is 0 Å². The minimum atomic E-state index is -0.889. The van der Waals surface area contributed by atoms with E-state index in [0.29, 0.717) is 13.2 Å². The molecule has 0 aliphatic rings. The molecule has 0 aromatic heterocycles. The van der Waals surface area contributed by atoms with Crippen LogP contribution in [-0.4, -0.2) is 37.4 Å². The molecule has 0 amide bonds. The predicted octanol–water partition coefficient (Wildman–Crippen LogP) is 1.16. The summed E-state index contributed by atoms with van der Waals surface area (Å²) in [4.78, 5) is 11.4. The lowest BCUT2D eigenvalue weighted by Gasteiger charge is -2.23. The van der Waals surface area contributed by atoms with Crippen molar-refractivity contribution in [1.82, 2.24) is 5.32 Å². The second-order valence-corrected chi connectivity index (χ2v) is 4.43. The third-order valence-corrected chi connectivity index (χ3v) is 2.91. The smallest absolute Gasteiger partial charge is 0.325 e. The van der Waals surface area contributed by atoms with E-state index in [1.54, 1.807) is 19.2 Å². The number of hydrogen-bond acceptors (Lipinski definition) is 4. The topological polar surface area (TPSA) is 84.6 Å². The largest absolute Gasteiger partial charge is 0.480 e. The fourth-order valence-electron chi connectivity index (χ4n) is 1.97. The molecule has 5 heteroatoms. The fourth-order valence-corrected chi connectivity index (χ4v) is 1.97. The van der Waals surface area contributed by atoms with E-state index in [1.807, 2.05) is 18.2 Å². The molecule has 5 nitrogen and oxygen atoms in total. The molecule has 1 rings (SSSR count). The van der Waals surface area contributed by atoms with Crippen molar-refractivity contribution in [3.8, 4) is 0 Å². The maximum atomic E-state index is 11.4. The summed E-state index contributed by atoms with van der Waals surface area (Å²) in [5, 5.41) is 12.5. The van der Waals surface area contributed by atoms with Gasteiger partial charge in [0.15, 0.2) is 0 Å². The zero-order chi connectivity index (χ0) is 14.1. The van der Waals surface area contributed by atoms with Gasteiger partial charge in [-0.2, -0.15) is 0 Å². The number of methoxy groups -OCH3 is 1. The van der Waals surface area contributed by atoms with Crippen LogP contribution in [-0.2, 0) is 9.53 Å². The number of ether oxygens (including phenoxy) is 1. The van der Waals surface area contributed by atoms with Crippen molar-refractivity contribution in [3.63, 3.8) is 0 Å². The van der Waals surface area contributed by atoms with E-state index in [-0.39, 0.29) is 6.04 Å². The van der Waals surface area contributed by atoms with Gasteiger partial charge in [-0.05, 0) is 24.9 Å². The summed E-state index contributed by atoms with van der Waals surface area (Å²) in [6.45, 7) is 1.06. The molecule has 2 atom stereocenters. The van der Waals surface area contributed by atoms with Gasteiger partial charge in [0, 0.05) is 13.2 Å². The third-order valence-electron chi connectivity index (χ3n) is 2.91. The first-order valence-electron chi connectivity index (χ1n) is 6.41. The lowest BCUT2D eigenvalue weighted by Crippen LogP contribution is -2.40. The first-order valence-corrected chi connectivity index (χ1v) is 6.41. The summed E-state index contributed by atoms with van der Waals surface area (Å²) in [7, 11) is 1.61. The molecule has 0 bridgehead atoms. The molecule has 0 aliphatic carbocycles. The van der Waals surface area contributed by atoms with E-state index >= 15 is 0 Å². The summed E-state index contributed by atoms with van der Waals surface area (Å²) in [5.74, 6) is -0.889. The Morgan fingerprint density at radius 2 is 2.11 bits per heavy atom. The highest BCUT2D eigenvalue weighted by atomic mass is 16.5. The molecule has 106 valence electrons. The van der Waals surface area contributed by atoms with Crippen molar-refractivity contribution in [2.24, 2.45) is 5.73 Å². The number of hydrogen-bond donors (Lipinski definition) is 3. The van der Waals surface area contributed by atoms with Gasteiger partial charge in [0.2, 0.25) is 0 Å². The van der Waals surface area contributed by atoms with Crippen LogP contribution in [0.1, 0.15) is 24.4 Å². The Morgan fingerprint density at radius 1 is 1.42 bits per heavy atom.